The van der Waals surface area contributed by atoms with Gasteiger partial charge in [0.2, 0.25) is 5.23 Å². The first-order chi connectivity index (χ1) is 7.29. The molecule has 0 radical (unpaired) electrons. The van der Waals surface area contributed by atoms with Crippen LogP contribution in [-0.2, 0) is 4.74 Å². The Bertz CT molecular complexity index is 363. The minimum absolute atomic E-state index is 0.123. The number of ether oxygens (including phenoxy) is 1. The van der Waals surface area contributed by atoms with E-state index in [-0.39, 0.29) is 6.10 Å². The number of nitrogens with zero attached hydrogens (tertiary/aromatic N) is 1. The van der Waals surface area contributed by atoms with Crippen LogP contribution < -0.4 is 0 Å². The fourth-order valence-electron chi connectivity index (χ4n) is 1.39. The molecule has 0 aliphatic carbocycles. The average Bonchev–Trinajstić information content (AvgIpc) is 2.68. The van der Waals surface area contributed by atoms with E-state index in [1.807, 2.05) is 31.2 Å². The topological polar surface area (TPSA) is 21.6 Å². The summed E-state index contributed by atoms with van der Waals surface area (Å²) in [5, 5.41) is 1.56. The lowest BCUT2D eigenvalue weighted by atomic mass is 10.1. The predicted octanol–water partition coefficient (Wildman–Crippen LogP) is 3.52. The molecule has 0 saturated carbocycles. The number of aliphatic imine (C=N–C) groups is 1. The zero-order chi connectivity index (χ0) is 10.7. The Morgan fingerprint density at radius 3 is 2.87 bits per heavy atom. The van der Waals surface area contributed by atoms with Crippen molar-refractivity contribution in [3.05, 3.63) is 34.9 Å². The van der Waals surface area contributed by atoms with Gasteiger partial charge in [-0.25, -0.2) is 4.99 Å². The summed E-state index contributed by atoms with van der Waals surface area (Å²) >= 11 is 7.50. The Kier molecular flexibility index (Phi) is 3.54. The molecule has 0 spiro atoms. The molecule has 80 valence electrons. The molecule has 1 aromatic rings. The minimum Gasteiger partial charge on any atom is -0.464 e. The highest BCUT2D eigenvalue weighted by atomic mass is 35.5. The van der Waals surface area contributed by atoms with Gasteiger partial charge in [-0.2, -0.15) is 0 Å². The highest BCUT2D eigenvalue weighted by Crippen LogP contribution is 2.32. The monoisotopic (exact) mass is 241 g/mol. The molecule has 0 bridgehead atoms. The Balaban J connectivity index is 2.07. The fourth-order valence-corrected chi connectivity index (χ4v) is 2.48. The van der Waals surface area contributed by atoms with Crippen LogP contribution in [0.2, 0.25) is 5.02 Å². The van der Waals surface area contributed by atoms with Gasteiger partial charge in [-0.1, -0.05) is 35.5 Å². The van der Waals surface area contributed by atoms with E-state index in [9.17, 15) is 0 Å². The lowest BCUT2D eigenvalue weighted by Crippen LogP contribution is -2.00. The van der Waals surface area contributed by atoms with Crippen molar-refractivity contribution >= 4 is 28.6 Å². The van der Waals surface area contributed by atoms with Crippen molar-refractivity contribution in [1.82, 2.24) is 0 Å². The molecule has 1 aromatic carbocycles. The van der Waals surface area contributed by atoms with Crippen molar-refractivity contribution in [2.75, 3.05) is 12.3 Å². The second kappa shape index (κ2) is 4.90. The predicted molar refractivity (Wildman–Crippen MR) is 65.7 cm³/mol. The molecule has 2 rings (SSSR count). The second-order valence-corrected chi connectivity index (χ2v) is 4.62. The third-order valence-electron chi connectivity index (χ3n) is 2.13. The molecule has 1 aliphatic heterocycles. The first kappa shape index (κ1) is 10.8. The van der Waals surface area contributed by atoms with E-state index in [0.29, 0.717) is 0 Å². The van der Waals surface area contributed by atoms with Gasteiger partial charge in [-0.3, -0.25) is 0 Å². The second-order valence-electron chi connectivity index (χ2n) is 3.21. The summed E-state index contributed by atoms with van der Waals surface area (Å²) in [7, 11) is 0. The van der Waals surface area contributed by atoms with Gasteiger partial charge in [0.05, 0.1) is 0 Å². The summed E-state index contributed by atoms with van der Waals surface area (Å²) in [6.45, 7) is 2.78. The highest BCUT2D eigenvalue weighted by molar-refractivity contribution is 8.13. The van der Waals surface area contributed by atoms with Crippen molar-refractivity contribution in [2.45, 2.75) is 13.0 Å². The van der Waals surface area contributed by atoms with Crippen LogP contribution in [-0.4, -0.2) is 17.5 Å². The lowest BCUT2D eigenvalue weighted by Gasteiger charge is -2.08. The summed E-state index contributed by atoms with van der Waals surface area (Å²) < 4.78 is 5.70. The number of benzene rings is 1. The van der Waals surface area contributed by atoms with E-state index in [2.05, 4.69) is 4.99 Å². The largest absolute Gasteiger partial charge is 0.464 e. The van der Waals surface area contributed by atoms with E-state index in [4.69, 9.17) is 16.3 Å². The number of hydrogen-bond donors (Lipinski definition) is 0. The average molecular weight is 242 g/mol. The van der Waals surface area contributed by atoms with Gasteiger partial charge in [-0.15, -0.1) is 0 Å². The van der Waals surface area contributed by atoms with Crippen LogP contribution in [0.25, 0.3) is 0 Å². The van der Waals surface area contributed by atoms with Gasteiger partial charge >= 0.3 is 0 Å². The Labute approximate surface area is 98.7 Å². The molecule has 1 aliphatic rings. The molecule has 0 amide bonds. The zero-order valence-electron chi connectivity index (χ0n) is 8.44. The fraction of sp³-hybridized carbons (Fsp3) is 0.364. The van der Waals surface area contributed by atoms with Crippen LogP contribution in [0.1, 0.15) is 18.6 Å². The van der Waals surface area contributed by atoms with E-state index in [0.717, 1.165) is 28.1 Å². The Hall–Kier alpha value is -0.670. The summed E-state index contributed by atoms with van der Waals surface area (Å²) in [4.78, 5) is 4.25. The van der Waals surface area contributed by atoms with Crippen molar-refractivity contribution < 1.29 is 4.74 Å². The van der Waals surface area contributed by atoms with Crippen LogP contribution in [0.15, 0.2) is 29.3 Å². The first-order valence-electron chi connectivity index (χ1n) is 4.89. The van der Waals surface area contributed by atoms with Crippen molar-refractivity contribution in [2.24, 2.45) is 4.99 Å². The zero-order valence-corrected chi connectivity index (χ0v) is 10.0. The molecule has 1 saturated heterocycles. The summed E-state index contributed by atoms with van der Waals surface area (Å²) in [5.41, 5.74) is 1.16. The molecule has 4 heteroatoms. The molecular formula is C11H12ClNOS. The number of thioether (sulfide) groups is 1. The van der Waals surface area contributed by atoms with E-state index in [1.165, 1.54) is 0 Å². The van der Waals surface area contributed by atoms with Gasteiger partial charge in [0, 0.05) is 17.3 Å². The van der Waals surface area contributed by atoms with Crippen LogP contribution in [0.3, 0.4) is 0 Å². The van der Waals surface area contributed by atoms with Crippen LogP contribution in [0, 0.1) is 0 Å². The minimum atomic E-state index is 0.123. The number of halogens is 1. The molecule has 1 atom stereocenters. The maximum atomic E-state index is 5.83. The maximum Gasteiger partial charge on any atom is 0.246 e. The molecule has 1 fully saturated rings. The smallest absolute Gasteiger partial charge is 0.246 e. The van der Waals surface area contributed by atoms with Gasteiger partial charge < -0.3 is 4.74 Å². The number of hydrogen-bond acceptors (Lipinski definition) is 3. The van der Waals surface area contributed by atoms with E-state index in [1.54, 1.807) is 11.8 Å². The third kappa shape index (κ3) is 2.67. The van der Waals surface area contributed by atoms with Gasteiger partial charge in [0.15, 0.2) is 0 Å². The molecule has 0 aromatic heterocycles. The Morgan fingerprint density at radius 2 is 2.20 bits per heavy atom. The molecule has 2 nitrogen and oxygen atoms in total. The summed E-state index contributed by atoms with van der Waals surface area (Å²) in [5.74, 6) is 0.931. The molecule has 1 unspecified atom stereocenters. The SMILES string of the molecule is CCN=C1OC(c2ccc(Cl)cc2)CS1. The molecule has 15 heavy (non-hydrogen) atoms. The van der Waals surface area contributed by atoms with Crippen molar-refractivity contribution in [3.63, 3.8) is 0 Å². The molecular weight excluding hydrogens is 230 g/mol. The quantitative estimate of drug-likeness (QED) is 0.790. The highest BCUT2D eigenvalue weighted by Gasteiger charge is 2.23. The van der Waals surface area contributed by atoms with Crippen LogP contribution in [0.5, 0.6) is 0 Å². The van der Waals surface area contributed by atoms with E-state index < -0.39 is 0 Å². The van der Waals surface area contributed by atoms with Crippen molar-refractivity contribution in [3.8, 4) is 0 Å². The Morgan fingerprint density at radius 1 is 1.47 bits per heavy atom. The van der Waals surface area contributed by atoms with Crippen molar-refractivity contribution in [1.29, 1.82) is 0 Å². The molecule has 0 N–H and O–H groups in total. The van der Waals surface area contributed by atoms with Crippen LogP contribution >= 0.6 is 23.4 Å². The first-order valence-corrected chi connectivity index (χ1v) is 6.25. The summed E-state index contributed by atoms with van der Waals surface area (Å²) in [6, 6.07) is 7.78. The van der Waals surface area contributed by atoms with Gasteiger partial charge in [0.25, 0.3) is 0 Å². The molecule has 1 heterocycles. The lowest BCUT2D eigenvalue weighted by molar-refractivity contribution is 0.235. The van der Waals surface area contributed by atoms with Gasteiger partial charge in [0.1, 0.15) is 6.10 Å². The van der Waals surface area contributed by atoms with Crippen LogP contribution in [0.4, 0.5) is 0 Å². The van der Waals surface area contributed by atoms with Gasteiger partial charge in [-0.05, 0) is 24.6 Å². The normalized spacial score (nSPS) is 23.1. The standard InChI is InChI=1S/C11H12ClNOS/c1-2-13-11-14-10(7-15-11)8-3-5-9(12)6-4-8/h3-6,10H,2,7H2,1H3. The summed E-state index contributed by atoms with van der Waals surface area (Å²) in [6.07, 6.45) is 0.123. The number of rotatable bonds is 2. The maximum absolute atomic E-state index is 5.83. The van der Waals surface area contributed by atoms with E-state index >= 15 is 0 Å². The third-order valence-corrected chi connectivity index (χ3v) is 3.32.